The Morgan fingerprint density at radius 3 is 2.87 bits per heavy atom. The van der Waals surface area contributed by atoms with Crippen LogP contribution in [0, 0.1) is 25.2 Å². The average Bonchev–Trinajstić information content (AvgIpc) is 3.01. The van der Waals surface area contributed by atoms with Crippen LogP contribution in [-0.2, 0) is 16.0 Å². The smallest absolute Gasteiger partial charge is 0.266 e. The fraction of sp³-hybridized carbons (Fsp3) is 0.588. The number of hydrogen-bond acceptors (Lipinski definition) is 4. The molecule has 0 radical (unpaired) electrons. The van der Waals surface area contributed by atoms with E-state index >= 15 is 0 Å². The van der Waals surface area contributed by atoms with E-state index in [1.165, 1.54) is 0 Å². The second-order valence-corrected chi connectivity index (χ2v) is 6.08. The third-order valence-corrected chi connectivity index (χ3v) is 4.43. The predicted octanol–water partition coefficient (Wildman–Crippen LogP) is 1.48. The molecule has 23 heavy (non-hydrogen) atoms. The van der Waals surface area contributed by atoms with Crippen LogP contribution in [0.25, 0.3) is 0 Å². The van der Waals surface area contributed by atoms with E-state index in [2.05, 4.69) is 10.3 Å². The van der Waals surface area contributed by atoms with Gasteiger partial charge in [0.15, 0.2) is 0 Å². The zero-order valence-electron chi connectivity index (χ0n) is 13.9. The average molecular weight is 317 g/mol. The van der Waals surface area contributed by atoms with Crippen molar-refractivity contribution < 1.29 is 9.53 Å². The van der Waals surface area contributed by atoms with Gasteiger partial charge < -0.3 is 15.0 Å². The van der Waals surface area contributed by atoms with E-state index in [9.17, 15) is 9.59 Å². The van der Waals surface area contributed by atoms with E-state index in [0.29, 0.717) is 24.1 Å². The molecule has 6 heteroatoms. The van der Waals surface area contributed by atoms with Crippen LogP contribution >= 0.6 is 0 Å². The highest BCUT2D eigenvalue weighted by Gasteiger charge is 2.23. The minimum absolute atomic E-state index is 0.00237. The summed E-state index contributed by atoms with van der Waals surface area (Å²) < 4.78 is 5.57. The van der Waals surface area contributed by atoms with Crippen molar-refractivity contribution in [2.45, 2.75) is 58.6 Å². The van der Waals surface area contributed by atoms with Gasteiger partial charge >= 0.3 is 0 Å². The molecular formula is C17H23N3O3. The molecule has 2 atom stereocenters. The first-order valence-electron chi connectivity index (χ1n) is 7.97. The number of ether oxygens (including phenoxy) is 1. The minimum Gasteiger partial charge on any atom is -0.376 e. The first kappa shape index (κ1) is 17.2. The lowest BCUT2D eigenvalue weighted by atomic mass is 9.99. The van der Waals surface area contributed by atoms with E-state index in [-0.39, 0.29) is 29.2 Å². The number of aromatic nitrogens is 1. The van der Waals surface area contributed by atoms with Gasteiger partial charge in [-0.15, -0.1) is 0 Å². The minimum atomic E-state index is -0.372. The van der Waals surface area contributed by atoms with Crippen LogP contribution in [0.4, 0.5) is 0 Å². The van der Waals surface area contributed by atoms with Crippen LogP contribution in [0.3, 0.4) is 0 Å². The summed E-state index contributed by atoms with van der Waals surface area (Å²) in [5.41, 5.74) is 1.99. The predicted molar refractivity (Wildman–Crippen MR) is 86.2 cm³/mol. The van der Waals surface area contributed by atoms with Crippen LogP contribution in [0.1, 0.15) is 48.6 Å². The van der Waals surface area contributed by atoms with Crippen LogP contribution in [0.5, 0.6) is 0 Å². The van der Waals surface area contributed by atoms with Gasteiger partial charge in [-0.1, -0.05) is 0 Å². The highest BCUT2D eigenvalue weighted by Crippen LogP contribution is 2.17. The Labute approximate surface area is 135 Å². The van der Waals surface area contributed by atoms with Gasteiger partial charge in [-0.3, -0.25) is 9.59 Å². The van der Waals surface area contributed by atoms with Crippen molar-refractivity contribution in [3.63, 3.8) is 0 Å². The van der Waals surface area contributed by atoms with Crippen LogP contribution in [-0.4, -0.2) is 29.6 Å². The number of aryl methyl sites for hydroxylation is 1. The molecule has 6 nitrogen and oxygen atoms in total. The Kier molecular flexibility index (Phi) is 5.56. The molecule has 0 unspecified atom stereocenters. The molecule has 124 valence electrons. The molecule has 1 saturated heterocycles. The van der Waals surface area contributed by atoms with E-state index in [4.69, 9.17) is 10.00 Å². The number of rotatable bonds is 5. The van der Waals surface area contributed by atoms with Crippen LogP contribution in [0.15, 0.2) is 4.79 Å². The first-order chi connectivity index (χ1) is 10.9. The Hall–Kier alpha value is -2.13. The second kappa shape index (κ2) is 7.42. The molecular weight excluding hydrogens is 294 g/mol. The van der Waals surface area contributed by atoms with Gasteiger partial charge in [-0.2, -0.15) is 5.26 Å². The zero-order valence-corrected chi connectivity index (χ0v) is 13.9. The van der Waals surface area contributed by atoms with Gasteiger partial charge in [0, 0.05) is 18.7 Å². The zero-order chi connectivity index (χ0) is 17.0. The van der Waals surface area contributed by atoms with Gasteiger partial charge in [0.05, 0.1) is 12.1 Å². The maximum atomic E-state index is 12.1. The molecule has 2 heterocycles. The van der Waals surface area contributed by atoms with Crippen molar-refractivity contribution in [1.82, 2.24) is 10.3 Å². The topological polar surface area (TPSA) is 95.0 Å². The quantitative estimate of drug-likeness (QED) is 0.860. The molecule has 1 fully saturated rings. The summed E-state index contributed by atoms with van der Waals surface area (Å²) in [6.07, 6.45) is 2.92. The normalized spacial score (nSPS) is 18.4. The summed E-state index contributed by atoms with van der Waals surface area (Å²) in [4.78, 5) is 26.5. The molecule has 1 amide bonds. The largest absolute Gasteiger partial charge is 0.376 e. The van der Waals surface area contributed by atoms with Crippen molar-refractivity contribution in [2.75, 3.05) is 6.61 Å². The van der Waals surface area contributed by atoms with Gasteiger partial charge in [0.1, 0.15) is 11.6 Å². The first-order valence-corrected chi connectivity index (χ1v) is 7.97. The van der Waals surface area contributed by atoms with E-state index in [1.807, 2.05) is 13.0 Å². The van der Waals surface area contributed by atoms with Crippen LogP contribution < -0.4 is 10.9 Å². The van der Waals surface area contributed by atoms with Gasteiger partial charge in [-0.05, 0) is 51.2 Å². The number of carbonyl (C=O) groups is 1. The number of H-pyrrole nitrogens is 1. The summed E-state index contributed by atoms with van der Waals surface area (Å²) in [6, 6.07) is 1.92. The molecule has 2 rings (SSSR count). The molecule has 0 bridgehead atoms. The fourth-order valence-electron chi connectivity index (χ4n) is 3.07. The van der Waals surface area contributed by atoms with Crippen molar-refractivity contribution in [1.29, 1.82) is 5.26 Å². The molecule has 1 aliphatic rings. The van der Waals surface area contributed by atoms with Crippen molar-refractivity contribution in [2.24, 2.45) is 0 Å². The Bertz CT molecular complexity index is 682. The van der Waals surface area contributed by atoms with Crippen molar-refractivity contribution >= 4 is 5.91 Å². The molecule has 1 aromatic heterocycles. The maximum absolute atomic E-state index is 12.1. The Balaban J connectivity index is 1.99. The van der Waals surface area contributed by atoms with Gasteiger partial charge in [0.25, 0.3) is 5.56 Å². The van der Waals surface area contributed by atoms with E-state index in [0.717, 1.165) is 25.0 Å². The molecule has 0 aromatic carbocycles. The third kappa shape index (κ3) is 3.99. The maximum Gasteiger partial charge on any atom is 0.266 e. The van der Waals surface area contributed by atoms with Gasteiger partial charge in [0.2, 0.25) is 5.91 Å². The molecule has 1 aromatic rings. The number of aromatic amines is 1. The number of nitriles is 1. The Morgan fingerprint density at radius 1 is 1.52 bits per heavy atom. The fourth-order valence-corrected chi connectivity index (χ4v) is 3.07. The number of hydrogen-bond donors (Lipinski definition) is 2. The van der Waals surface area contributed by atoms with E-state index in [1.54, 1.807) is 13.8 Å². The number of nitrogens with zero attached hydrogens (tertiary/aromatic N) is 1. The lowest BCUT2D eigenvalue weighted by Gasteiger charge is -2.20. The van der Waals surface area contributed by atoms with Crippen molar-refractivity contribution in [3.8, 4) is 6.07 Å². The van der Waals surface area contributed by atoms with Crippen molar-refractivity contribution in [3.05, 3.63) is 32.7 Å². The lowest BCUT2D eigenvalue weighted by Crippen LogP contribution is -2.40. The monoisotopic (exact) mass is 317 g/mol. The SMILES string of the molecule is Cc1[nH]c(=O)c(C#N)c(C)c1CCC(=O)N[C@H](C)[C@@H]1CCCO1. The van der Waals surface area contributed by atoms with Gasteiger partial charge in [-0.25, -0.2) is 0 Å². The summed E-state index contributed by atoms with van der Waals surface area (Å²) in [7, 11) is 0. The molecule has 0 spiro atoms. The van der Waals surface area contributed by atoms with Crippen LogP contribution in [0.2, 0.25) is 0 Å². The Morgan fingerprint density at radius 2 is 2.26 bits per heavy atom. The summed E-state index contributed by atoms with van der Waals surface area (Å²) in [5.74, 6) is -0.0449. The standard InChI is InChI=1S/C17H23N3O3/c1-10-13(11(2)20-17(22)14(10)9-18)6-7-16(21)19-12(3)15-5-4-8-23-15/h12,15H,4-8H2,1-3H3,(H,19,21)(H,20,22)/t12-,15+/m1/s1. The summed E-state index contributed by atoms with van der Waals surface area (Å²) in [5, 5.41) is 12.0. The number of pyridine rings is 1. The molecule has 0 saturated carbocycles. The molecule has 1 aliphatic heterocycles. The second-order valence-electron chi connectivity index (χ2n) is 6.08. The van der Waals surface area contributed by atoms with E-state index < -0.39 is 0 Å². The molecule has 2 N–H and O–H groups in total. The lowest BCUT2D eigenvalue weighted by molar-refractivity contribution is -0.122. The highest BCUT2D eigenvalue weighted by molar-refractivity contribution is 5.76. The molecule has 0 aliphatic carbocycles. The third-order valence-electron chi connectivity index (χ3n) is 4.43. The summed E-state index contributed by atoms with van der Waals surface area (Å²) >= 11 is 0. The number of nitrogens with one attached hydrogen (secondary N) is 2. The summed E-state index contributed by atoms with van der Waals surface area (Å²) in [6.45, 7) is 6.26. The number of amides is 1. The highest BCUT2D eigenvalue weighted by atomic mass is 16.5. The number of carbonyl (C=O) groups excluding carboxylic acids is 1.